The Morgan fingerprint density at radius 3 is 2.53 bits per heavy atom. The van der Waals surface area contributed by atoms with Gasteiger partial charge in [-0.15, -0.1) is 0 Å². The molecule has 0 saturated carbocycles. The highest BCUT2D eigenvalue weighted by molar-refractivity contribution is 6.10. The van der Waals surface area contributed by atoms with Crippen LogP contribution in [0.15, 0.2) is 30.3 Å². The van der Waals surface area contributed by atoms with Crippen LogP contribution in [-0.4, -0.2) is 17.9 Å². The summed E-state index contributed by atoms with van der Waals surface area (Å²) in [4.78, 5) is 16.9. The van der Waals surface area contributed by atoms with Crippen molar-refractivity contribution in [3.05, 3.63) is 58.4 Å². The smallest absolute Gasteiger partial charge is 0.215 e. The van der Waals surface area contributed by atoms with Gasteiger partial charge in [0.05, 0.1) is 12.7 Å². The molecular weight excluding hydrogens is 238 g/mol. The van der Waals surface area contributed by atoms with Crippen LogP contribution in [0.1, 0.15) is 32.9 Å². The van der Waals surface area contributed by atoms with Gasteiger partial charge in [-0.25, -0.2) is 4.98 Å². The van der Waals surface area contributed by atoms with Crippen molar-refractivity contribution in [3.63, 3.8) is 0 Å². The van der Waals surface area contributed by atoms with Crippen molar-refractivity contribution in [1.82, 2.24) is 4.98 Å². The summed E-state index contributed by atoms with van der Waals surface area (Å²) in [6.45, 7) is 5.77. The van der Waals surface area contributed by atoms with Crippen molar-refractivity contribution < 1.29 is 9.53 Å². The van der Waals surface area contributed by atoms with Crippen molar-refractivity contribution in [2.24, 2.45) is 0 Å². The predicted octanol–water partition coefficient (Wildman–Crippen LogP) is 3.25. The van der Waals surface area contributed by atoms with E-state index in [1.807, 2.05) is 45.0 Å². The van der Waals surface area contributed by atoms with Gasteiger partial charge in [0.1, 0.15) is 11.4 Å². The minimum Gasteiger partial charge on any atom is -0.496 e. The average molecular weight is 255 g/mol. The van der Waals surface area contributed by atoms with Crippen LogP contribution < -0.4 is 4.74 Å². The van der Waals surface area contributed by atoms with E-state index < -0.39 is 0 Å². The summed E-state index contributed by atoms with van der Waals surface area (Å²) < 4.78 is 5.33. The maximum atomic E-state index is 12.6. The fraction of sp³-hybridized carbons (Fsp3) is 0.250. The molecule has 19 heavy (non-hydrogen) atoms. The van der Waals surface area contributed by atoms with Gasteiger partial charge in [-0.1, -0.05) is 12.1 Å². The zero-order valence-corrected chi connectivity index (χ0v) is 11.7. The molecule has 0 bridgehead atoms. The average Bonchev–Trinajstić information content (AvgIpc) is 2.37. The number of methoxy groups -OCH3 is 1. The highest BCUT2D eigenvalue weighted by atomic mass is 16.5. The van der Waals surface area contributed by atoms with Gasteiger partial charge in [0, 0.05) is 5.69 Å². The number of carbonyl (C=O) groups is 1. The van der Waals surface area contributed by atoms with Crippen molar-refractivity contribution in [3.8, 4) is 5.75 Å². The van der Waals surface area contributed by atoms with Crippen molar-refractivity contribution in [2.45, 2.75) is 20.8 Å². The number of pyridine rings is 1. The number of aryl methyl sites for hydroxylation is 3. The molecule has 0 aliphatic heterocycles. The first-order valence-corrected chi connectivity index (χ1v) is 6.16. The Bertz CT molecular complexity index is 633. The quantitative estimate of drug-likeness (QED) is 0.790. The molecule has 1 aromatic heterocycles. The highest BCUT2D eigenvalue weighted by Gasteiger charge is 2.18. The Balaban J connectivity index is 2.56. The lowest BCUT2D eigenvalue weighted by molar-refractivity contribution is 0.103. The Morgan fingerprint density at radius 2 is 1.89 bits per heavy atom. The second-order valence-electron chi connectivity index (χ2n) is 4.65. The van der Waals surface area contributed by atoms with Gasteiger partial charge in [-0.3, -0.25) is 4.79 Å². The van der Waals surface area contributed by atoms with Gasteiger partial charge in [0.2, 0.25) is 5.78 Å². The summed E-state index contributed by atoms with van der Waals surface area (Å²) in [5.74, 6) is 0.504. The Labute approximate surface area is 113 Å². The van der Waals surface area contributed by atoms with Crippen molar-refractivity contribution in [1.29, 1.82) is 0 Å². The SMILES string of the molecule is COc1cc(C)cc(C)c1C(=O)c1cccc(C)n1. The molecule has 0 radical (unpaired) electrons. The molecule has 2 rings (SSSR count). The molecular formula is C16H17NO2. The normalized spacial score (nSPS) is 10.3. The predicted molar refractivity (Wildman–Crippen MR) is 74.9 cm³/mol. The number of rotatable bonds is 3. The summed E-state index contributed by atoms with van der Waals surface area (Å²) in [7, 11) is 1.58. The molecule has 3 nitrogen and oxygen atoms in total. The van der Waals surface area contributed by atoms with E-state index in [-0.39, 0.29) is 5.78 Å². The first-order valence-electron chi connectivity index (χ1n) is 6.16. The Kier molecular flexibility index (Phi) is 3.65. The molecule has 1 heterocycles. The van der Waals surface area contributed by atoms with Gasteiger partial charge in [0.25, 0.3) is 0 Å². The first-order chi connectivity index (χ1) is 9.02. The molecule has 0 aliphatic carbocycles. The number of hydrogen-bond donors (Lipinski definition) is 0. The molecule has 0 spiro atoms. The monoisotopic (exact) mass is 255 g/mol. The van der Waals surface area contributed by atoms with Crippen LogP contribution in [0, 0.1) is 20.8 Å². The zero-order valence-electron chi connectivity index (χ0n) is 11.7. The van der Waals surface area contributed by atoms with Crippen LogP contribution in [0.4, 0.5) is 0 Å². The number of ether oxygens (including phenoxy) is 1. The second-order valence-corrected chi connectivity index (χ2v) is 4.65. The number of benzene rings is 1. The van der Waals surface area contributed by atoms with E-state index in [1.165, 1.54) is 0 Å². The molecule has 0 N–H and O–H groups in total. The third-order valence-corrected chi connectivity index (χ3v) is 3.01. The molecule has 2 aromatic rings. The summed E-state index contributed by atoms with van der Waals surface area (Å²) >= 11 is 0. The van der Waals surface area contributed by atoms with Crippen LogP contribution in [-0.2, 0) is 0 Å². The van der Waals surface area contributed by atoms with Crippen LogP contribution >= 0.6 is 0 Å². The molecule has 3 heteroatoms. The van der Waals surface area contributed by atoms with Crippen molar-refractivity contribution in [2.75, 3.05) is 7.11 Å². The molecule has 98 valence electrons. The maximum Gasteiger partial charge on any atom is 0.215 e. The largest absolute Gasteiger partial charge is 0.496 e. The molecule has 0 aliphatic rings. The van der Waals surface area contributed by atoms with Crippen LogP contribution in [0.5, 0.6) is 5.75 Å². The molecule has 0 unspecified atom stereocenters. The second kappa shape index (κ2) is 5.22. The van der Waals surface area contributed by atoms with Crippen LogP contribution in [0.2, 0.25) is 0 Å². The van der Waals surface area contributed by atoms with E-state index in [0.29, 0.717) is 17.0 Å². The molecule has 0 saturated heterocycles. The van der Waals surface area contributed by atoms with E-state index in [4.69, 9.17) is 4.74 Å². The molecule has 0 atom stereocenters. The fourth-order valence-electron chi connectivity index (χ4n) is 2.18. The number of carbonyl (C=O) groups excluding carboxylic acids is 1. The van der Waals surface area contributed by atoms with E-state index in [0.717, 1.165) is 16.8 Å². The Morgan fingerprint density at radius 1 is 1.16 bits per heavy atom. The minimum atomic E-state index is -0.0990. The van der Waals surface area contributed by atoms with Gasteiger partial charge in [-0.2, -0.15) is 0 Å². The Hall–Kier alpha value is -2.16. The third-order valence-electron chi connectivity index (χ3n) is 3.01. The minimum absolute atomic E-state index is 0.0990. The number of aromatic nitrogens is 1. The molecule has 1 aromatic carbocycles. The zero-order chi connectivity index (χ0) is 14.0. The fourth-order valence-corrected chi connectivity index (χ4v) is 2.18. The van der Waals surface area contributed by atoms with Gasteiger partial charge < -0.3 is 4.74 Å². The number of ketones is 1. The summed E-state index contributed by atoms with van der Waals surface area (Å²) in [5.41, 5.74) is 3.85. The van der Waals surface area contributed by atoms with Gasteiger partial charge in [0.15, 0.2) is 0 Å². The van der Waals surface area contributed by atoms with Gasteiger partial charge >= 0.3 is 0 Å². The van der Waals surface area contributed by atoms with E-state index in [2.05, 4.69) is 4.98 Å². The van der Waals surface area contributed by atoms with Crippen molar-refractivity contribution >= 4 is 5.78 Å². The van der Waals surface area contributed by atoms with Crippen LogP contribution in [0.3, 0.4) is 0 Å². The molecule has 0 amide bonds. The first kappa shape index (κ1) is 13.3. The topological polar surface area (TPSA) is 39.2 Å². The van der Waals surface area contributed by atoms with Gasteiger partial charge in [-0.05, 0) is 50.1 Å². The lowest BCUT2D eigenvalue weighted by Gasteiger charge is -2.12. The summed E-state index contributed by atoms with van der Waals surface area (Å²) in [6.07, 6.45) is 0. The highest BCUT2D eigenvalue weighted by Crippen LogP contribution is 2.26. The maximum absolute atomic E-state index is 12.6. The van der Waals surface area contributed by atoms with Crippen LogP contribution in [0.25, 0.3) is 0 Å². The lowest BCUT2D eigenvalue weighted by Crippen LogP contribution is -2.09. The summed E-state index contributed by atoms with van der Waals surface area (Å²) in [5, 5.41) is 0. The number of nitrogens with zero attached hydrogens (tertiary/aromatic N) is 1. The van der Waals surface area contributed by atoms with E-state index in [9.17, 15) is 4.79 Å². The van der Waals surface area contributed by atoms with E-state index >= 15 is 0 Å². The standard InChI is InChI=1S/C16H17NO2/c1-10-8-11(2)15(14(9-10)19-4)16(18)13-7-5-6-12(3)17-13/h5-9H,1-4H3. The lowest BCUT2D eigenvalue weighted by atomic mass is 9.98. The van der Waals surface area contributed by atoms with E-state index in [1.54, 1.807) is 13.2 Å². The molecule has 0 fully saturated rings. The summed E-state index contributed by atoms with van der Waals surface area (Å²) in [6, 6.07) is 9.29. The number of hydrogen-bond acceptors (Lipinski definition) is 3. The third kappa shape index (κ3) is 2.65.